The van der Waals surface area contributed by atoms with Crippen LogP contribution in [0.4, 0.5) is 0 Å². The minimum Gasteiger partial charge on any atom is -0.422 e. The highest BCUT2D eigenvalue weighted by Gasteiger charge is 2.42. The van der Waals surface area contributed by atoms with E-state index < -0.39 is 5.60 Å². The van der Waals surface area contributed by atoms with Gasteiger partial charge >= 0.3 is 0 Å². The fourth-order valence-electron chi connectivity index (χ4n) is 2.90. The average molecular weight is 306 g/mol. The maximum absolute atomic E-state index is 5.88. The Balaban J connectivity index is 1.84. The van der Waals surface area contributed by atoms with Crippen molar-refractivity contribution in [3.05, 3.63) is 28.7 Å². The third-order valence-corrected chi connectivity index (χ3v) is 4.25. The molecule has 0 radical (unpaired) electrons. The lowest BCUT2D eigenvalue weighted by Gasteiger charge is -2.22. The molecule has 0 N–H and O–H groups in total. The van der Waals surface area contributed by atoms with Crippen LogP contribution in [-0.4, -0.2) is 39.8 Å². The molecule has 3 heterocycles. The van der Waals surface area contributed by atoms with Gasteiger partial charge in [0.25, 0.3) is 5.89 Å². The van der Waals surface area contributed by atoms with Gasteiger partial charge in [-0.2, -0.15) is 5.10 Å². The average Bonchev–Trinajstić information content (AvgIpc) is 3.18. The van der Waals surface area contributed by atoms with Gasteiger partial charge < -0.3 is 13.9 Å². The SMILES string of the molecule is CCOC1(c2nnc(Cc3c(C)nn(C)c3C)o2)CCOC1. The molecule has 1 saturated heterocycles. The first-order chi connectivity index (χ1) is 10.6. The Kier molecular flexibility index (Phi) is 4.01. The quantitative estimate of drug-likeness (QED) is 0.836. The summed E-state index contributed by atoms with van der Waals surface area (Å²) in [6, 6.07) is 0. The van der Waals surface area contributed by atoms with Gasteiger partial charge in [0, 0.05) is 31.3 Å². The summed E-state index contributed by atoms with van der Waals surface area (Å²) in [7, 11) is 1.94. The van der Waals surface area contributed by atoms with Crippen LogP contribution in [0.1, 0.15) is 42.1 Å². The molecule has 2 aromatic rings. The van der Waals surface area contributed by atoms with E-state index >= 15 is 0 Å². The van der Waals surface area contributed by atoms with Crippen LogP contribution < -0.4 is 0 Å². The minimum absolute atomic E-state index is 0.466. The third kappa shape index (κ3) is 2.55. The Hall–Kier alpha value is -1.73. The van der Waals surface area contributed by atoms with Crippen LogP contribution in [0.25, 0.3) is 0 Å². The lowest BCUT2D eigenvalue weighted by Crippen LogP contribution is -2.30. The summed E-state index contributed by atoms with van der Waals surface area (Å²) in [4.78, 5) is 0. The smallest absolute Gasteiger partial charge is 0.250 e. The highest BCUT2D eigenvalue weighted by molar-refractivity contribution is 5.27. The summed E-state index contributed by atoms with van der Waals surface area (Å²) < 4.78 is 19.1. The van der Waals surface area contributed by atoms with Gasteiger partial charge in [0.05, 0.1) is 25.3 Å². The molecule has 7 heteroatoms. The summed E-state index contributed by atoms with van der Waals surface area (Å²) in [5.41, 5.74) is 2.65. The monoisotopic (exact) mass is 306 g/mol. The molecule has 0 amide bonds. The molecule has 22 heavy (non-hydrogen) atoms. The largest absolute Gasteiger partial charge is 0.422 e. The van der Waals surface area contributed by atoms with Crippen molar-refractivity contribution < 1.29 is 13.9 Å². The zero-order chi connectivity index (χ0) is 15.7. The van der Waals surface area contributed by atoms with Gasteiger partial charge in [0.2, 0.25) is 5.89 Å². The van der Waals surface area contributed by atoms with Gasteiger partial charge in [-0.15, -0.1) is 10.2 Å². The summed E-state index contributed by atoms with van der Waals surface area (Å²) in [6.07, 6.45) is 1.33. The van der Waals surface area contributed by atoms with E-state index in [0.717, 1.165) is 23.4 Å². The van der Waals surface area contributed by atoms with E-state index in [1.165, 1.54) is 0 Å². The molecule has 0 aromatic carbocycles. The van der Waals surface area contributed by atoms with Crippen LogP contribution in [-0.2, 0) is 28.5 Å². The Bertz CT molecular complexity index is 656. The van der Waals surface area contributed by atoms with Crippen LogP contribution in [0, 0.1) is 13.8 Å². The van der Waals surface area contributed by atoms with E-state index in [1.807, 2.05) is 32.5 Å². The maximum atomic E-state index is 5.88. The number of ether oxygens (including phenoxy) is 2. The highest BCUT2D eigenvalue weighted by Crippen LogP contribution is 2.34. The topological polar surface area (TPSA) is 75.2 Å². The second-order valence-corrected chi connectivity index (χ2v) is 5.68. The van der Waals surface area contributed by atoms with E-state index in [4.69, 9.17) is 13.9 Å². The van der Waals surface area contributed by atoms with Crippen LogP contribution in [0.2, 0.25) is 0 Å². The van der Waals surface area contributed by atoms with Gasteiger partial charge in [-0.05, 0) is 20.8 Å². The molecule has 2 aromatic heterocycles. The molecule has 120 valence electrons. The normalized spacial score (nSPS) is 21.6. The summed E-state index contributed by atoms with van der Waals surface area (Å²) in [5, 5.41) is 12.8. The van der Waals surface area contributed by atoms with Gasteiger partial charge in [0.15, 0.2) is 5.60 Å². The van der Waals surface area contributed by atoms with Crippen LogP contribution in [0.3, 0.4) is 0 Å². The zero-order valence-electron chi connectivity index (χ0n) is 13.5. The zero-order valence-corrected chi connectivity index (χ0v) is 13.5. The highest BCUT2D eigenvalue weighted by atomic mass is 16.6. The molecule has 0 aliphatic carbocycles. The molecular weight excluding hydrogens is 284 g/mol. The predicted molar refractivity (Wildman–Crippen MR) is 78.5 cm³/mol. The Labute approximate surface area is 129 Å². The van der Waals surface area contributed by atoms with Crippen molar-refractivity contribution in [1.29, 1.82) is 0 Å². The predicted octanol–water partition coefficient (Wildman–Crippen LogP) is 1.66. The first kappa shape index (κ1) is 15.2. The van der Waals surface area contributed by atoms with Crippen molar-refractivity contribution in [2.45, 2.75) is 39.2 Å². The van der Waals surface area contributed by atoms with Gasteiger partial charge in [0.1, 0.15) is 0 Å². The van der Waals surface area contributed by atoms with Crippen molar-refractivity contribution in [2.75, 3.05) is 19.8 Å². The Morgan fingerprint density at radius 2 is 2.14 bits per heavy atom. The lowest BCUT2D eigenvalue weighted by molar-refractivity contribution is -0.0664. The molecule has 1 fully saturated rings. The number of hydrogen-bond acceptors (Lipinski definition) is 6. The number of aromatic nitrogens is 4. The number of aryl methyl sites for hydroxylation is 2. The van der Waals surface area contributed by atoms with Crippen molar-refractivity contribution in [1.82, 2.24) is 20.0 Å². The summed E-state index contributed by atoms with van der Waals surface area (Å²) in [6.45, 7) is 7.69. The van der Waals surface area contributed by atoms with Gasteiger partial charge in [-0.1, -0.05) is 0 Å². The Morgan fingerprint density at radius 1 is 1.32 bits per heavy atom. The lowest BCUT2D eigenvalue weighted by atomic mass is 10.0. The number of hydrogen-bond donors (Lipinski definition) is 0. The second kappa shape index (κ2) is 5.81. The summed E-state index contributed by atoms with van der Waals surface area (Å²) in [5.74, 6) is 1.10. The molecule has 0 saturated carbocycles. The van der Waals surface area contributed by atoms with Crippen molar-refractivity contribution in [3.63, 3.8) is 0 Å². The molecular formula is C15H22N4O3. The third-order valence-electron chi connectivity index (χ3n) is 4.25. The Morgan fingerprint density at radius 3 is 2.73 bits per heavy atom. The van der Waals surface area contributed by atoms with Gasteiger partial charge in [-0.25, -0.2) is 0 Å². The molecule has 1 unspecified atom stereocenters. The van der Waals surface area contributed by atoms with Gasteiger partial charge in [-0.3, -0.25) is 4.68 Å². The minimum atomic E-state index is -0.584. The van der Waals surface area contributed by atoms with Crippen molar-refractivity contribution in [3.8, 4) is 0 Å². The second-order valence-electron chi connectivity index (χ2n) is 5.68. The van der Waals surface area contributed by atoms with Crippen LogP contribution >= 0.6 is 0 Å². The van der Waals surface area contributed by atoms with E-state index in [9.17, 15) is 0 Å². The molecule has 1 aliphatic heterocycles. The number of rotatable bonds is 5. The molecule has 7 nitrogen and oxygen atoms in total. The van der Waals surface area contributed by atoms with E-state index in [0.29, 0.717) is 38.0 Å². The van der Waals surface area contributed by atoms with E-state index in [-0.39, 0.29) is 0 Å². The molecule has 1 aliphatic rings. The maximum Gasteiger partial charge on any atom is 0.250 e. The summed E-state index contributed by atoms with van der Waals surface area (Å²) >= 11 is 0. The first-order valence-electron chi connectivity index (χ1n) is 7.59. The fourth-order valence-corrected chi connectivity index (χ4v) is 2.90. The first-order valence-corrected chi connectivity index (χ1v) is 7.59. The molecule has 0 bridgehead atoms. The molecule has 1 atom stereocenters. The fraction of sp³-hybridized carbons (Fsp3) is 0.667. The van der Waals surface area contributed by atoms with E-state index in [2.05, 4.69) is 15.3 Å². The van der Waals surface area contributed by atoms with E-state index in [1.54, 1.807) is 0 Å². The number of nitrogens with zero attached hydrogens (tertiary/aromatic N) is 4. The molecule has 0 spiro atoms. The molecule has 3 rings (SSSR count). The van der Waals surface area contributed by atoms with Crippen LogP contribution in [0.15, 0.2) is 4.42 Å². The van der Waals surface area contributed by atoms with Crippen LogP contribution in [0.5, 0.6) is 0 Å². The van der Waals surface area contributed by atoms with Crippen molar-refractivity contribution in [2.24, 2.45) is 7.05 Å². The standard InChI is InChI=1S/C15H22N4O3/c1-5-21-15(6-7-20-9-15)14-17-16-13(22-14)8-12-10(2)18-19(4)11(12)3/h5-9H2,1-4H3. The van der Waals surface area contributed by atoms with Crippen molar-refractivity contribution >= 4 is 0 Å².